The fraction of sp³-hybridized carbons (Fsp3) is 0.381. The van der Waals surface area contributed by atoms with Crippen LogP contribution in [0.25, 0.3) is 0 Å². The number of hydrogen-bond acceptors (Lipinski definition) is 5. The summed E-state index contributed by atoms with van der Waals surface area (Å²) in [5.74, 6) is -0.163. The van der Waals surface area contributed by atoms with Gasteiger partial charge in [-0.15, -0.1) is 0 Å². The number of nitrogens with one attached hydrogen (secondary N) is 1. The van der Waals surface area contributed by atoms with Crippen molar-refractivity contribution in [2.75, 3.05) is 25.0 Å². The Labute approximate surface area is 166 Å². The molecule has 3 rings (SSSR count). The van der Waals surface area contributed by atoms with E-state index < -0.39 is 10.0 Å². The summed E-state index contributed by atoms with van der Waals surface area (Å²) in [6.45, 7) is 6.38. The van der Waals surface area contributed by atoms with Gasteiger partial charge in [0.2, 0.25) is 10.0 Å². The first-order valence-electron chi connectivity index (χ1n) is 9.36. The van der Waals surface area contributed by atoms with Crippen LogP contribution in [0.15, 0.2) is 53.4 Å². The van der Waals surface area contributed by atoms with Gasteiger partial charge in [0.1, 0.15) is 0 Å². The van der Waals surface area contributed by atoms with Crippen LogP contribution in [0, 0.1) is 6.92 Å². The predicted octanol–water partition coefficient (Wildman–Crippen LogP) is 3.09. The molecule has 0 spiro atoms. The van der Waals surface area contributed by atoms with E-state index in [0.717, 1.165) is 11.3 Å². The monoisotopic (exact) mass is 402 g/mol. The van der Waals surface area contributed by atoms with Crippen molar-refractivity contribution in [3.63, 3.8) is 0 Å². The number of para-hydroxylation sites is 1. The van der Waals surface area contributed by atoms with Crippen molar-refractivity contribution in [2.45, 2.75) is 37.9 Å². The molecule has 150 valence electrons. The molecule has 2 aromatic carbocycles. The van der Waals surface area contributed by atoms with Crippen molar-refractivity contribution in [1.82, 2.24) is 4.31 Å². The number of aryl methyl sites for hydroxylation is 1. The lowest BCUT2D eigenvalue weighted by molar-refractivity contribution is -0.0440. The number of anilines is 1. The van der Waals surface area contributed by atoms with Crippen LogP contribution in [0.2, 0.25) is 0 Å². The van der Waals surface area contributed by atoms with Crippen LogP contribution in [0.1, 0.15) is 29.8 Å². The molecule has 0 aliphatic carbocycles. The number of carbonyl (C=O) groups is 1. The number of ether oxygens (including phenoxy) is 1. The molecule has 0 amide bonds. The molecular weight excluding hydrogens is 376 g/mol. The lowest BCUT2D eigenvalue weighted by atomic mass is 10.1. The second-order valence-electron chi connectivity index (χ2n) is 7.20. The zero-order valence-corrected chi connectivity index (χ0v) is 17.2. The van der Waals surface area contributed by atoms with Crippen LogP contribution >= 0.6 is 0 Å². The lowest BCUT2D eigenvalue weighted by Crippen LogP contribution is -2.48. The van der Waals surface area contributed by atoms with Crippen molar-refractivity contribution in [3.8, 4) is 0 Å². The van der Waals surface area contributed by atoms with Gasteiger partial charge < -0.3 is 10.1 Å². The smallest absolute Gasteiger partial charge is 0.243 e. The molecular formula is C21H26N2O4S. The van der Waals surface area contributed by atoms with Crippen LogP contribution in [-0.4, -0.2) is 50.3 Å². The first kappa shape index (κ1) is 20.5. The van der Waals surface area contributed by atoms with E-state index in [9.17, 15) is 13.2 Å². The van der Waals surface area contributed by atoms with E-state index in [1.807, 2.05) is 45.0 Å². The molecule has 0 saturated carbocycles. The molecule has 0 radical (unpaired) electrons. The number of morpholine rings is 1. The van der Waals surface area contributed by atoms with Gasteiger partial charge in [-0.2, -0.15) is 4.31 Å². The van der Waals surface area contributed by atoms with E-state index >= 15 is 0 Å². The third kappa shape index (κ3) is 4.60. The van der Waals surface area contributed by atoms with Gasteiger partial charge >= 0.3 is 0 Å². The highest BCUT2D eigenvalue weighted by molar-refractivity contribution is 7.89. The van der Waals surface area contributed by atoms with Crippen molar-refractivity contribution < 1.29 is 17.9 Å². The number of Topliss-reactive ketones (excluding diaryl/α,β-unsaturated/α-hetero) is 1. The number of benzene rings is 2. The van der Waals surface area contributed by atoms with Gasteiger partial charge in [-0.25, -0.2) is 8.42 Å². The van der Waals surface area contributed by atoms with Crippen LogP contribution in [0.4, 0.5) is 5.69 Å². The number of nitrogens with zero attached hydrogens (tertiary/aromatic N) is 1. The maximum Gasteiger partial charge on any atom is 0.243 e. The van der Waals surface area contributed by atoms with Crippen LogP contribution in [-0.2, 0) is 14.8 Å². The molecule has 28 heavy (non-hydrogen) atoms. The molecule has 2 atom stereocenters. The van der Waals surface area contributed by atoms with E-state index in [4.69, 9.17) is 4.74 Å². The Balaban J connectivity index is 1.76. The normalized spacial score (nSPS) is 20.7. The Morgan fingerprint density at radius 2 is 1.79 bits per heavy atom. The molecule has 2 aromatic rings. The maximum atomic E-state index is 13.0. The Hall–Kier alpha value is -2.22. The first-order chi connectivity index (χ1) is 13.3. The molecule has 1 aliphatic rings. The standard InChI is InChI=1S/C21H26N2O4S/c1-15-7-4-5-10-20(15)22-12-21(24)18-8-6-9-19(11-18)28(25,26)23-13-16(2)27-17(3)14-23/h4-11,16-17,22H,12-14H2,1-3H3. The van der Waals surface area contributed by atoms with Gasteiger partial charge in [-0.3, -0.25) is 4.79 Å². The predicted molar refractivity (Wildman–Crippen MR) is 109 cm³/mol. The van der Waals surface area contributed by atoms with Crippen molar-refractivity contribution >= 4 is 21.5 Å². The Morgan fingerprint density at radius 1 is 1.11 bits per heavy atom. The third-order valence-electron chi connectivity index (χ3n) is 4.76. The molecule has 7 heteroatoms. The molecule has 1 fully saturated rings. The quantitative estimate of drug-likeness (QED) is 0.752. The minimum Gasteiger partial charge on any atom is -0.377 e. The van der Waals surface area contributed by atoms with Crippen LogP contribution in [0.3, 0.4) is 0 Å². The van der Waals surface area contributed by atoms with Gasteiger partial charge in [-0.05, 0) is 44.5 Å². The molecule has 2 unspecified atom stereocenters. The maximum absolute atomic E-state index is 13.0. The molecule has 1 heterocycles. The Morgan fingerprint density at radius 3 is 2.46 bits per heavy atom. The van der Waals surface area contributed by atoms with Crippen LogP contribution in [0.5, 0.6) is 0 Å². The third-order valence-corrected chi connectivity index (χ3v) is 6.59. The topological polar surface area (TPSA) is 75.7 Å². The van der Waals surface area contributed by atoms with Crippen LogP contribution < -0.4 is 5.32 Å². The fourth-order valence-corrected chi connectivity index (χ4v) is 4.99. The fourth-order valence-electron chi connectivity index (χ4n) is 3.35. The zero-order valence-electron chi connectivity index (χ0n) is 16.4. The highest BCUT2D eigenvalue weighted by Gasteiger charge is 2.32. The van der Waals surface area contributed by atoms with E-state index in [0.29, 0.717) is 18.7 Å². The Bertz CT molecular complexity index is 948. The SMILES string of the molecule is Cc1ccccc1NCC(=O)c1cccc(S(=O)(=O)N2CC(C)OC(C)C2)c1. The summed E-state index contributed by atoms with van der Waals surface area (Å²) < 4.78 is 33.1. The van der Waals surface area contributed by atoms with E-state index in [1.54, 1.807) is 12.1 Å². The summed E-state index contributed by atoms with van der Waals surface area (Å²) in [6.07, 6.45) is -0.330. The molecule has 1 aliphatic heterocycles. The van der Waals surface area contributed by atoms with Crippen molar-refractivity contribution in [3.05, 3.63) is 59.7 Å². The number of carbonyl (C=O) groups excluding carboxylic acids is 1. The van der Waals surface area contributed by atoms with E-state index in [2.05, 4.69) is 5.32 Å². The number of ketones is 1. The Kier molecular flexibility index (Phi) is 6.17. The molecule has 0 aromatic heterocycles. The van der Waals surface area contributed by atoms with E-state index in [1.165, 1.54) is 16.4 Å². The number of hydrogen-bond donors (Lipinski definition) is 1. The number of sulfonamides is 1. The van der Waals surface area contributed by atoms with Gasteiger partial charge in [0.15, 0.2) is 5.78 Å². The summed E-state index contributed by atoms with van der Waals surface area (Å²) in [4.78, 5) is 12.7. The summed E-state index contributed by atoms with van der Waals surface area (Å²) >= 11 is 0. The average Bonchev–Trinajstić information content (AvgIpc) is 2.66. The summed E-state index contributed by atoms with van der Waals surface area (Å²) in [5.41, 5.74) is 2.30. The largest absolute Gasteiger partial charge is 0.377 e. The van der Waals surface area contributed by atoms with E-state index in [-0.39, 0.29) is 29.4 Å². The average molecular weight is 403 g/mol. The van der Waals surface area contributed by atoms with Gasteiger partial charge in [0.05, 0.1) is 23.6 Å². The molecule has 6 nitrogen and oxygen atoms in total. The van der Waals surface area contributed by atoms with Crippen molar-refractivity contribution in [2.24, 2.45) is 0 Å². The highest BCUT2D eigenvalue weighted by Crippen LogP contribution is 2.22. The minimum absolute atomic E-state index is 0.0972. The summed E-state index contributed by atoms with van der Waals surface area (Å²) in [5, 5.41) is 3.12. The minimum atomic E-state index is -3.68. The summed E-state index contributed by atoms with van der Waals surface area (Å²) in [7, 11) is -3.68. The molecule has 1 N–H and O–H groups in total. The van der Waals surface area contributed by atoms with Gasteiger partial charge in [-0.1, -0.05) is 30.3 Å². The number of rotatable bonds is 6. The second-order valence-corrected chi connectivity index (χ2v) is 9.14. The van der Waals surface area contributed by atoms with Crippen molar-refractivity contribution in [1.29, 1.82) is 0 Å². The molecule has 1 saturated heterocycles. The lowest BCUT2D eigenvalue weighted by Gasteiger charge is -2.34. The highest BCUT2D eigenvalue weighted by atomic mass is 32.2. The van der Waals surface area contributed by atoms with Gasteiger partial charge in [0.25, 0.3) is 0 Å². The zero-order chi connectivity index (χ0) is 20.3. The first-order valence-corrected chi connectivity index (χ1v) is 10.8. The summed E-state index contributed by atoms with van der Waals surface area (Å²) in [6, 6.07) is 14.0. The van der Waals surface area contributed by atoms with Gasteiger partial charge in [0, 0.05) is 24.3 Å². The second kappa shape index (κ2) is 8.43. The molecule has 0 bridgehead atoms.